The van der Waals surface area contributed by atoms with Gasteiger partial charge in [0.2, 0.25) is 0 Å². The van der Waals surface area contributed by atoms with Crippen LogP contribution in [-0.4, -0.2) is 57.3 Å². The van der Waals surface area contributed by atoms with Crippen LogP contribution < -0.4 is 9.80 Å². The number of alkyl halides is 5. The van der Waals surface area contributed by atoms with E-state index >= 15 is 0 Å². The van der Waals surface area contributed by atoms with E-state index in [2.05, 4.69) is 20.1 Å². The van der Waals surface area contributed by atoms with Crippen LogP contribution in [0.2, 0.25) is 0 Å². The SMILES string of the molecule is FC(F)Cn1ncc2ncc(N3CC4CN(c5cccc(C(F)(F)F)n5)CC4C3)nc21. The van der Waals surface area contributed by atoms with E-state index in [0.29, 0.717) is 49.0 Å². The maximum atomic E-state index is 13.0. The van der Waals surface area contributed by atoms with E-state index in [1.165, 1.54) is 12.3 Å². The predicted molar refractivity (Wildman–Crippen MR) is 102 cm³/mol. The highest BCUT2D eigenvalue weighted by Crippen LogP contribution is 2.36. The molecule has 3 aromatic heterocycles. The first kappa shape index (κ1) is 19.9. The van der Waals surface area contributed by atoms with Crippen LogP contribution in [0.3, 0.4) is 0 Å². The molecule has 2 unspecified atom stereocenters. The molecule has 31 heavy (non-hydrogen) atoms. The summed E-state index contributed by atoms with van der Waals surface area (Å²) in [6, 6.07) is 3.94. The second kappa shape index (κ2) is 7.27. The van der Waals surface area contributed by atoms with Gasteiger partial charge in [0, 0.05) is 38.0 Å². The van der Waals surface area contributed by atoms with Crippen molar-refractivity contribution in [3.05, 3.63) is 36.3 Å². The Hall–Kier alpha value is -3.05. The van der Waals surface area contributed by atoms with Crippen molar-refractivity contribution in [2.75, 3.05) is 36.0 Å². The zero-order valence-electron chi connectivity index (χ0n) is 16.2. The third kappa shape index (κ3) is 3.74. The fourth-order valence-electron chi connectivity index (χ4n) is 4.38. The molecule has 2 aliphatic heterocycles. The molecule has 0 aliphatic carbocycles. The molecule has 164 valence electrons. The lowest BCUT2D eigenvalue weighted by atomic mass is 10.0. The fraction of sp³-hybridized carbons (Fsp3) is 0.474. The maximum absolute atomic E-state index is 13.0. The van der Waals surface area contributed by atoms with E-state index in [1.54, 1.807) is 12.3 Å². The topological polar surface area (TPSA) is 63.0 Å². The molecule has 5 rings (SSSR count). The highest BCUT2D eigenvalue weighted by molar-refractivity contribution is 5.71. The number of pyridine rings is 1. The summed E-state index contributed by atoms with van der Waals surface area (Å²) in [6.07, 6.45) is -4.01. The molecule has 2 atom stereocenters. The van der Waals surface area contributed by atoms with Gasteiger partial charge in [-0.15, -0.1) is 0 Å². The first-order valence-electron chi connectivity index (χ1n) is 9.79. The number of rotatable bonds is 4. The van der Waals surface area contributed by atoms with Crippen LogP contribution in [0.5, 0.6) is 0 Å². The van der Waals surface area contributed by atoms with E-state index in [0.717, 1.165) is 10.7 Å². The Bertz CT molecular complexity index is 1080. The van der Waals surface area contributed by atoms with E-state index in [4.69, 9.17) is 0 Å². The normalized spacial score (nSPS) is 21.5. The van der Waals surface area contributed by atoms with Crippen molar-refractivity contribution in [2.45, 2.75) is 19.1 Å². The van der Waals surface area contributed by atoms with Crippen LogP contribution in [-0.2, 0) is 12.7 Å². The molecular formula is C19H18F5N7. The van der Waals surface area contributed by atoms with Gasteiger partial charge in [0.1, 0.15) is 29.4 Å². The number of hydrogen-bond acceptors (Lipinski definition) is 6. The summed E-state index contributed by atoms with van der Waals surface area (Å²) in [5, 5.41) is 3.93. The lowest BCUT2D eigenvalue weighted by Crippen LogP contribution is -2.30. The summed E-state index contributed by atoms with van der Waals surface area (Å²) in [7, 11) is 0. The Balaban J connectivity index is 1.30. The number of anilines is 2. The maximum Gasteiger partial charge on any atom is 0.433 e. The Morgan fingerprint density at radius 2 is 1.61 bits per heavy atom. The van der Waals surface area contributed by atoms with Gasteiger partial charge in [-0.25, -0.2) is 28.4 Å². The summed E-state index contributed by atoms with van der Waals surface area (Å²) in [5.74, 6) is 1.38. The van der Waals surface area contributed by atoms with Gasteiger partial charge in [-0.3, -0.25) is 0 Å². The van der Waals surface area contributed by atoms with Gasteiger partial charge in [-0.05, 0) is 12.1 Å². The molecule has 0 amide bonds. The molecule has 5 heterocycles. The average molecular weight is 439 g/mol. The summed E-state index contributed by atoms with van der Waals surface area (Å²) in [6.45, 7) is 1.95. The molecule has 0 spiro atoms. The molecule has 12 heteroatoms. The lowest BCUT2D eigenvalue weighted by molar-refractivity contribution is -0.141. The molecule has 2 fully saturated rings. The minimum absolute atomic E-state index is 0.236. The third-order valence-electron chi connectivity index (χ3n) is 5.80. The Morgan fingerprint density at radius 3 is 2.26 bits per heavy atom. The van der Waals surface area contributed by atoms with Crippen molar-refractivity contribution in [3.63, 3.8) is 0 Å². The molecule has 2 aliphatic rings. The number of hydrogen-bond donors (Lipinski definition) is 0. The number of fused-ring (bicyclic) bond motifs is 2. The molecule has 2 saturated heterocycles. The van der Waals surface area contributed by atoms with E-state index in [1.807, 2.05) is 9.80 Å². The van der Waals surface area contributed by atoms with Crippen molar-refractivity contribution >= 4 is 22.8 Å². The minimum atomic E-state index is -4.48. The third-order valence-corrected chi connectivity index (χ3v) is 5.80. The minimum Gasteiger partial charge on any atom is -0.356 e. The first-order chi connectivity index (χ1) is 14.8. The zero-order chi connectivity index (χ0) is 21.8. The molecule has 0 radical (unpaired) electrons. The van der Waals surface area contributed by atoms with Gasteiger partial charge in [0.05, 0.1) is 12.4 Å². The van der Waals surface area contributed by atoms with Crippen LogP contribution >= 0.6 is 0 Å². The molecule has 7 nitrogen and oxygen atoms in total. The standard InChI is InChI=1S/C19H18F5N7/c20-15(21)10-31-18-13(4-26-31)25-5-17(28-18)30-8-11-6-29(7-12(11)9-30)16-3-1-2-14(27-16)19(22,23)24/h1-5,11-12,15H,6-10H2. The summed E-state index contributed by atoms with van der Waals surface area (Å²) in [4.78, 5) is 16.5. The smallest absolute Gasteiger partial charge is 0.356 e. The lowest BCUT2D eigenvalue weighted by Gasteiger charge is -2.23. The predicted octanol–water partition coefficient (Wildman–Crippen LogP) is 3.08. The summed E-state index contributed by atoms with van der Waals surface area (Å²) < 4.78 is 65.6. The highest BCUT2D eigenvalue weighted by Gasteiger charge is 2.41. The van der Waals surface area contributed by atoms with Gasteiger partial charge in [0.25, 0.3) is 6.43 Å². The van der Waals surface area contributed by atoms with Crippen LogP contribution in [0.4, 0.5) is 33.6 Å². The van der Waals surface area contributed by atoms with Crippen molar-refractivity contribution in [1.29, 1.82) is 0 Å². The van der Waals surface area contributed by atoms with Gasteiger partial charge in [-0.2, -0.15) is 18.3 Å². The molecule has 0 N–H and O–H groups in total. The molecule has 0 aromatic carbocycles. The van der Waals surface area contributed by atoms with Crippen molar-refractivity contribution in [3.8, 4) is 0 Å². The quantitative estimate of drug-likeness (QED) is 0.583. The van der Waals surface area contributed by atoms with E-state index in [9.17, 15) is 22.0 Å². The van der Waals surface area contributed by atoms with E-state index in [-0.39, 0.29) is 11.8 Å². The monoisotopic (exact) mass is 439 g/mol. The second-order valence-electron chi connectivity index (χ2n) is 7.86. The molecule has 3 aromatic rings. The molecule has 0 saturated carbocycles. The number of aromatic nitrogens is 5. The van der Waals surface area contributed by atoms with Crippen LogP contribution in [0.1, 0.15) is 5.69 Å². The van der Waals surface area contributed by atoms with Crippen LogP contribution in [0, 0.1) is 11.8 Å². The first-order valence-corrected chi connectivity index (χ1v) is 9.79. The number of nitrogens with zero attached hydrogens (tertiary/aromatic N) is 7. The molecule has 0 bridgehead atoms. The van der Waals surface area contributed by atoms with Crippen LogP contribution in [0.15, 0.2) is 30.6 Å². The number of halogens is 5. The Kier molecular flexibility index (Phi) is 4.67. The highest BCUT2D eigenvalue weighted by atomic mass is 19.4. The Morgan fingerprint density at radius 1 is 0.935 bits per heavy atom. The summed E-state index contributed by atoms with van der Waals surface area (Å²) in [5.41, 5.74) is -0.136. The van der Waals surface area contributed by atoms with Crippen molar-refractivity contribution in [2.24, 2.45) is 11.8 Å². The van der Waals surface area contributed by atoms with Gasteiger partial charge >= 0.3 is 6.18 Å². The molecular weight excluding hydrogens is 421 g/mol. The fourth-order valence-corrected chi connectivity index (χ4v) is 4.38. The second-order valence-corrected chi connectivity index (χ2v) is 7.86. The Labute approximate surface area is 173 Å². The van der Waals surface area contributed by atoms with Gasteiger partial charge in [-0.1, -0.05) is 6.07 Å². The average Bonchev–Trinajstić information content (AvgIpc) is 3.40. The largest absolute Gasteiger partial charge is 0.433 e. The van der Waals surface area contributed by atoms with Crippen molar-refractivity contribution in [1.82, 2.24) is 24.7 Å². The summed E-state index contributed by atoms with van der Waals surface area (Å²) >= 11 is 0. The van der Waals surface area contributed by atoms with Crippen LogP contribution in [0.25, 0.3) is 11.2 Å². The van der Waals surface area contributed by atoms with E-state index < -0.39 is 24.8 Å². The van der Waals surface area contributed by atoms with Gasteiger partial charge < -0.3 is 9.80 Å². The van der Waals surface area contributed by atoms with Crippen molar-refractivity contribution < 1.29 is 22.0 Å². The zero-order valence-corrected chi connectivity index (χ0v) is 16.2. The van der Waals surface area contributed by atoms with Gasteiger partial charge in [0.15, 0.2) is 5.65 Å².